The van der Waals surface area contributed by atoms with Crippen molar-refractivity contribution in [3.63, 3.8) is 0 Å². The van der Waals surface area contributed by atoms with Gasteiger partial charge in [0.15, 0.2) is 5.82 Å². The van der Waals surface area contributed by atoms with E-state index in [9.17, 15) is 0 Å². The number of nitrogens with zero attached hydrogens (tertiary/aromatic N) is 2. The Morgan fingerprint density at radius 2 is 2.25 bits per heavy atom. The Kier molecular flexibility index (Phi) is 3.93. The molecule has 90 valence electrons. The molecular weight excluding hydrogens is 202 g/mol. The number of aryl methyl sites for hydroxylation is 1. The zero-order valence-electron chi connectivity index (χ0n) is 10.2. The Bertz CT molecular complexity index is 320. The second kappa shape index (κ2) is 5.43. The van der Waals surface area contributed by atoms with Gasteiger partial charge in [0.25, 0.3) is 0 Å². The van der Waals surface area contributed by atoms with E-state index in [1.165, 1.54) is 19.3 Å². The van der Waals surface area contributed by atoms with Gasteiger partial charge in [0.05, 0.1) is 0 Å². The molecule has 1 aromatic rings. The van der Waals surface area contributed by atoms with E-state index in [0.717, 1.165) is 37.0 Å². The minimum absolute atomic E-state index is 0.692. The third-order valence-electron chi connectivity index (χ3n) is 3.20. The number of hydrogen-bond acceptors (Lipinski definition) is 4. The van der Waals surface area contributed by atoms with Crippen molar-refractivity contribution in [1.82, 2.24) is 15.5 Å². The maximum atomic E-state index is 5.07. The Morgan fingerprint density at radius 1 is 1.44 bits per heavy atom. The average molecular weight is 223 g/mol. The maximum Gasteiger partial charge on any atom is 0.226 e. The summed E-state index contributed by atoms with van der Waals surface area (Å²) in [6.45, 7) is 5.23. The first-order valence-electron chi connectivity index (χ1n) is 6.38. The minimum atomic E-state index is 0.692. The summed E-state index contributed by atoms with van der Waals surface area (Å²) in [7, 11) is 0. The summed E-state index contributed by atoms with van der Waals surface area (Å²) in [6, 6.07) is 0.692. The van der Waals surface area contributed by atoms with Gasteiger partial charge in [-0.3, -0.25) is 0 Å². The van der Waals surface area contributed by atoms with Crippen LogP contribution < -0.4 is 5.32 Å². The molecule has 0 bridgehead atoms. The first-order chi connectivity index (χ1) is 7.83. The number of aromatic nitrogens is 2. The van der Waals surface area contributed by atoms with Crippen LogP contribution in [0.1, 0.15) is 44.8 Å². The van der Waals surface area contributed by atoms with Gasteiger partial charge in [-0.25, -0.2) is 0 Å². The molecular formula is C12H21N3O. The quantitative estimate of drug-likeness (QED) is 0.767. The minimum Gasteiger partial charge on any atom is -0.339 e. The van der Waals surface area contributed by atoms with Crippen LogP contribution in [0, 0.1) is 5.92 Å². The Hall–Kier alpha value is -0.900. The molecule has 0 aromatic carbocycles. The standard InChI is InChI=1S/C12H21N3O/c1-3-10(9-5-6-9)13-8-7-11-14-12(4-2)16-15-11/h9-10,13H,3-8H2,1-2H3. The lowest BCUT2D eigenvalue weighted by atomic mass is 10.1. The summed E-state index contributed by atoms with van der Waals surface area (Å²) in [4.78, 5) is 4.29. The van der Waals surface area contributed by atoms with E-state index in [0.29, 0.717) is 6.04 Å². The molecule has 1 N–H and O–H groups in total. The van der Waals surface area contributed by atoms with Crippen molar-refractivity contribution in [2.45, 2.75) is 52.0 Å². The van der Waals surface area contributed by atoms with E-state index in [1.807, 2.05) is 6.92 Å². The van der Waals surface area contributed by atoms with E-state index in [2.05, 4.69) is 22.4 Å². The fourth-order valence-electron chi connectivity index (χ4n) is 2.05. The first kappa shape index (κ1) is 11.6. The predicted molar refractivity (Wildman–Crippen MR) is 62.2 cm³/mol. The number of nitrogens with one attached hydrogen (secondary N) is 1. The van der Waals surface area contributed by atoms with Crippen molar-refractivity contribution >= 4 is 0 Å². The first-order valence-corrected chi connectivity index (χ1v) is 6.38. The lowest BCUT2D eigenvalue weighted by Gasteiger charge is -2.14. The van der Waals surface area contributed by atoms with Crippen molar-refractivity contribution in [2.24, 2.45) is 5.92 Å². The van der Waals surface area contributed by atoms with Gasteiger partial charge in [0.1, 0.15) is 0 Å². The number of rotatable bonds is 7. The zero-order valence-corrected chi connectivity index (χ0v) is 10.2. The van der Waals surface area contributed by atoms with Crippen LogP contribution in [-0.4, -0.2) is 22.7 Å². The molecule has 1 aliphatic carbocycles. The van der Waals surface area contributed by atoms with Gasteiger partial charge in [0.2, 0.25) is 5.89 Å². The summed E-state index contributed by atoms with van der Waals surface area (Å²) in [5, 5.41) is 7.53. The summed E-state index contributed by atoms with van der Waals surface area (Å²) in [5.41, 5.74) is 0. The van der Waals surface area contributed by atoms with Gasteiger partial charge >= 0.3 is 0 Å². The Morgan fingerprint density at radius 3 is 2.81 bits per heavy atom. The lowest BCUT2D eigenvalue weighted by molar-refractivity contribution is 0.375. The second-order valence-electron chi connectivity index (χ2n) is 4.51. The molecule has 1 fully saturated rings. The molecule has 0 aliphatic heterocycles. The van der Waals surface area contributed by atoms with Gasteiger partial charge in [-0.05, 0) is 25.2 Å². The largest absolute Gasteiger partial charge is 0.339 e. The van der Waals surface area contributed by atoms with Crippen molar-refractivity contribution in [1.29, 1.82) is 0 Å². The molecule has 16 heavy (non-hydrogen) atoms. The SMILES string of the molecule is CCc1nc(CCNC(CC)C2CC2)no1. The highest BCUT2D eigenvalue weighted by molar-refractivity contribution is 4.89. The van der Waals surface area contributed by atoms with E-state index in [4.69, 9.17) is 4.52 Å². The van der Waals surface area contributed by atoms with Crippen molar-refractivity contribution in [3.8, 4) is 0 Å². The van der Waals surface area contributed by atoms with Crippen LogP contribution in [0.15, 0.2) is 4.52 Å². The summed E-state index contributed by atoms with van der Waals surface area (Å²) in [6.07, 6.45) is 5.70. The summed E-state index contributed by atoms with van der Waals surface area (Å²) >= 11 is 0. The van der Waals surface area contributed by atoms with Crippen LogP contribution in [0.3, 0.4) is 0 Å². The van der Waals surface area contributed by atoms with Crippen molar-refractivity contribution in [2.75, 3.05) is 6.54 Å². The normalized spacial score (nSPS) is 17.6. The fraction of sp³-hybridized carbons (Fsp3) is 0.833. The highest BCUT2D eigenvalue weighted by atomic mass is 16.5. The summed E-state index contributed by atoms with van der Waals surface area (Å²) in [5.74, 6) is 2.49. The molecule has 1 aliphatic rings. The molecule has 2 rings (SSSR count). The second-order valence-corrected chi connectivity index (χ2v) is 4.51. The molecule has 0 saturated heterocycles. The number of hydrogen-bond donors (Lipinski definition) is 1. The van der Waals surface area contributed by atoms with E-state index in [1.54, 1.807) is 0 Å². The molecule has 1 saturated carbocycles. The van der Waals surface area contributed by atoms with Crippen LogP contribution in [0.5, 0.6) is 0 Å². The third-order valence-corrected chi connectivity index (χ3v) is 3.20. The van der Waals surface area contributed by atoms with Crippen LogP contribution in [-0.2, 0) is 12.8 Å². The van der Waals surface area contributed by atoms with Gasteiger partial charge in [-0.1, -0.05) is 19.0 Å². The van der Waals surface area contributed by atoms with E-state index < -0.39 is 0 Å². The molecule has 1 aromatic heterocycles. The molecule has 1 heterocycles. The predicted octanol–water partition coefficient (Wildman–Crippen LogP) is 1.95. The molecule has 4 nitrogen and oxygen atoms in total. The van der Waals surface area contributed by atoms with Crippen LogP contribution in [0.2, 0.25) is 0 Å². The van der Waals surface area contributed by atoms with Gasteiger partial charge < -0.3 is 9.84 Å². The Balaban J connectivity index is 1.70. The lowest BCUT2D eigenvalue weighted by Crippen LogP contribution is -2.32. The van der Waals surface area contributed by atoms with Crippen molar-refractivity contribution < 1.29 is 4.52 Å². The highest BCUT2D eigenvalue weighted by Gasteiger charge is 2.29. The van der Waals surface area contributed by atoms with Crippen LogP contribution in [0.25, 0.3) is 0 Å². The molecule has 1 unspecified atom stereocenters. The van der Waals surface area contributed by atoms with E-state index in [-0.39, 0.29) is 0 Å². The highest BCUT2D eigenvalue weighted by Crippen LogP contribution is 2.33. The average Bonchev–Trinajstić information content (AvgIpc) is 3.04. The van der Waals surface area contributed by atoms with Crippen LogP contribution in [0.4, 0.5) is 0 Å². The Labute approximate surface area is 96.8 Å². The fourth-order valence-corrected chi connectivity index (χ4v) is 2.05. The van der Waals surface area contributed by atoms with Gasteiger partial charge in [-0.2, -0.15) is 4.98 Å². The van der Waals surface area contributed by atoms with Gasteiger partial charge in [-0.15, -0.1) is 0 Å². The van der Waals surface area contributed by atoms with E-state index >= 15 is 0 Å². The van der Waals surface area contributed by atoms with Gasteiger partial charge in [0, 0.05) is 25.4 Å². The van der Waals surface area contributed by atoms with Crippen LogP contribution >= 0.6 is 0 Å². The zero-order chi connectivity index (χ0) is 11.4. The molecule has 0 amide bonds. The van der Waals surface area contributed by atoms with Crippen molar-refractivity contribution in [3.05, 3.63) is 11.7 Å². The third kappa shape index (κ3) is 3.04. The molecule has 4 heteroatoms. The molecule has 1 atom stereocenters. The molecule has 0 radical (unpaired) electrons. The molecule has 0 spiro atoms. The summed E-state index contributed by atoms with van der Waals surface area (Å²) < 4.78 is 5.07. The smallest absolute Gasteiger partial charge is 0.226 e. The topological polar surface area (TPSA) is 51.0 Å². The maximum absolute atomic E-state index is 5.07. The monoisotopic (exact) mass is 223 g/mol.